The third kappa shape index (κ3) is 8.07. The highest BCUT2D eigenvalue weighted by Crippen LogP contribution is 2.40. The van der Waals surface area contributed by atoms with E-state index in [9.17, 15) is 4.79 Å². The molecule has 1 aromatic heterocycles. The number of carbonyl (C=O) groups excluding carboxylic acids is 1. The minimum absolute atomic E-state index is 0.0161. The number of hydrogen-bond donors (Lipinski definition) is 1. The van der Waals surface area contributed by atoms with Crippen molar-refractivity contribution in [3.05, 3.63) is 34.2 Å². The van der Waals surface area contributed by atoms with Crippen LogP contribution in [0.15, 0.2) is 28.7 Å². The molecule has 2 aliphatic rings. The van der Waals surface area contributed by atoms with E-state index >= 15 is 0 Å². The first-order chi connectivity index (χ1) is 16.2. The summed E-state index contributed by atoms with van der Waals surface area (Å²) in [6.45, 7) is 5.86. The molecule has 0 radical (unpaired) electrons. The molecule has 0 aromatic carbocycles. The van der Waals surface area contributed by atoms with Crippen molar-refractivity contribution in [1.82, 2.24) is 4.90 Å². The molecule has 3 rings (SSSR count). The molecule has 2 aliphatic heterocycles. The fraction of sp³-hybridized carbons (Fsp3) is 0.720. The second-order valence-electron chi connectivity index (χ2n) is 8.52. The van der Waals surface area contributed by atoms with Gasteiger partial charge in [-0.25, -0.2) is 0 Å². The van der Waals surface area contributed by atoms with Crippen LogP contribution in [0.25, 0.3) is 0 Å². The molecule has 0 bridgehead atoms. The topological polar surface area (TPSA) is 77.5 Å². The van der Waals surface area contributed by atoms with E-state index in [1.807, 2.05) is 17.9 Å². The van der Waals surface area contributed by atoms with Gasteiger partial charge in [0.15, 0.2) is 5.76 Å². The maximum absolute atomic E-state index is 13.4. The summed E-state index contributed by atoms with van der Waals surface area (Å²) >= 11 is 1.66. The third-order valence-electron chi connectivity index (χ3n) is 6.20. The Morgan fingerprint density at radius 3 is 2.52 bits per heavy atom. The second kappa shape index (κ2) is 14.7. The molecule has 3 atom stereocenters. The molecule has 8 heteroatoms. The highest BCUT2D eigenvalue weighted by molar-refractivity contribution is 7.08. The normalized spacial score (nSPS) is 24.0. The number of carbonyl (C=O) groups is 1. The van der Waals surface area contributed by atoms with E-state index < -0.39 is 6.29 Å². The van der Waals surface area contributed by atoms with E-state index in [1.165, 1.54) is 24.8 Å². The van der Waals surface area contributed by atoms with Crippen LogP contribution in [0.4, 0.5) is 0 Å². The summed E-state index contributed by atoms with van der Waals surface area (Å²) in [5.74, 6) is 0.476. The number of aliphatic hydroxyl groups is 1. The van der Waals surface area contributed by atoms with Gasteiger partial charge in [-0.05, 0) is 54.7 Å². The van der Waals surface area contributed by atoms with Gasteiger partial charge in [0.1, 0.15) is 0 Å². The fourth-order valence-corrected chi connectivity index (χ4v) is 5.19. The van der Waals surface area contributed by atoms with Crippen LogP contribution in [0.1, 0.15) is 56.9 Å². The highest BCUT2D eigenvalue weighted by atomic mass is 32.1. The zero-order chi connectivity index (χ0) is 23.3. The summed E-state index contributed by atoms with van der Waals surface area (Å²) in [7, 11) is 0. The molecule has 3 heterocycles. The lowest BCUT2D eigenvalue weighted by Gasteiger charge is -2.38. The number of nitrogens with zero attached hydrogens (tertiary/aromatic N) is 1. The van der Waals surface area contributed by atoms with E-state index in [0.717, 1.165) is 32.4 Å². The standard InChI is InChI=1S/C25H39NO6S/c1-2-31-25-21(8-13-29-15-16-30-14-12-27)22(20-9-17-33-19-20)18-23(32-25)24(28)26-10-6-4-3-5-7-11-26/h9,17-19,21-22,25,27H,2-8,10-16H2,1H3/t21-,22-,25-/m0/s1. The van der Waals surface area contributed by atoms with Gasteiger partial charge in [-0.15, -0.1) is 0 Å². The molecular weight excluding hydrogens is 442 g/mol. The predicted octanol–water partition coefficient (Wildman–Crippen LogP) is 3.93. The van der Waals surface area contributed by atoms with Crippen LogP contribution in [0.2, 0.25) is 0 Å². The molecule has 1 amide bonds. The second-order valence-corrected chi connectivity index (χ2v) is 9.30. The van der Waals surface area contributed by atoms with Gasteiger partial charge in [0, 0.05) is 38.1 Å². The van der Waals surface area contributed by atoms with Crippen LogP contribution < -0.4 is 0 Å². The van der Waals surface area contributed by atoms with Crippen LogP contribution in [0, 0.1) is 5.92 Å². The summed E-state index contributed by atoms with van der Waals surface area (Å²) in [5.41, 5.74) is 1.18. The molecular formula is C25H39NO6S. The van der Waals surface area contributed by atoms with E-state index in [-0.39, 0.29) is 24.3 Å². The predicted molar refractivity (Wildman–Crippen MR) is 128 cm³/mol. The zero-order valence-electron chi connectivity index (χ0n) is 19.8. The number of hydrogen-bond acceptors (Lipinski definition) is 7. The number of thiophene rings is 1. The minimum Gasteiger partial charge on any atom is -0.459 e. The maximum Gasteiger partial charge on any atom is 0.288 e. The first-order valence-electron chi connectivity index (χ1n) is 12.3. The maximum atomic E-state index is 13.4. The van der Waals surface area contributed by atoms with Crippen LogP contribution in [0.5, 0.6) is 0 Å². The Bertz CT molecular complexity index is 702. The molecule has 0 saturated carbocycles. The lowest BCUT2D eigenvalue weighted by molar-refractivity contribution is -0.172. The van der Waals surface area contributed by atoms with Gasteiger partial charge in [0.05, 0.1) is 26.4 Å². The first-order valence-corrected chi connectivity index (χ1v) is 13.3. The number of likely N-dealkylation sites (tertiary alicyclic amines) is 1. The minimum atomic E-state index is -0.493. The largest absolute Gasteiger partial charge is 0.459 e. The monoisotopic (exact) mass is 481 g/mol. The van der Waals surface area contributed by atoms with Gasteiger partial charge in [-0.1, -0.05) is 19.3 Å². The quantitative estimate of drug-likeness (QED) is 0.456. The van der Waals surface area contributed by atoms with Crippen molar-refractivity contribution < 1.29 is 28.8 Å². The fourth-order valence-electron chi connectivity index (χ4n) is 4.49. The number of rotatable bonds is 12. The number of amides is 1. The van der Waals surface area contributed by atoms with Gasteiger partial charge in [-0.2, -0.15) is 11.3 Å². The molecule has 1 aromatic rings. The summed E-state index contributed by atoms with van der Waals surface area (Å²) in [5, 5.41) is 13.0. The molecule has 0 unspecified atom stereocenters. The number of allylic oxidation sites excluding steroid dienone is 1. The Labute approximate surface area is 201 Å². The number of aliphatic hydroxyl groups excluding tert-OH is 1. The summed E-state index contributed by atoms with van der Waals surface area (Å²) in [6, 6.07) is 2.12. The van der Waals surface area contributed by atoms with Crippen molar-refractivity contribution in [3.8, 4) is 0 Å². The Kier molecular flexibility index (Phi) is 11.7. The molecule has 0 aliphatic carbocycles. The van der Waals surface area contributed by atoms with Crippen LogP contribution in [-0.2, 0) is 23.7 Å². The van der Waals surface area contributed by atoms with Crippen molar-refractivity contribution in [1.29, 1.82) is 0 Å². The van der Waals surface area contributed by atoms with Crippen molar-refractivity contribution in [3.63, 3.8) is 0 Å². The van der Waals surface area contributed by atoms with Gasteiger partial charge in [0.25, 0.3) is 5.91 Å². The van der Waals surface area contributed by atoms with Crippen molar-refractivity contribution >= 4 is 17.2 Å². The molecule has 33 heavy (non-hydrogen) atoms. The highest BCUT2D eigenvalue weighted by Gasteiger charge is 2.39. The van der Waals surface area contributed by atoms with E-state index in [2.05, 4.69) is 16.8 Å². The average molecular weight is 482 g/mol. The summed E-state index contributed by atoms with van der Waals surface area (Å²) in [4.78, 5) is 15.4. The zero-order valence-corrected chi connectivity index (χ0v) is 20.6. The smallest absolute Gasteiger partial charge is 0.288 e. The van der Waals surface area contributed by atoms with Crippen LogP contribution >= 0.6 is 11.3 Å². The van der Waals surface area contributed by atoms with E-state index in [4.69, 9.17) is 24.1 Å². The van der Waals surface area contributed by atoms with Crippen LogP contribution in [-0.4, -0.2) is 74.9 Å². The Hall–Kier alpha value is -1.45. The van der Waals surface area contributed by atoms with Gasteiger partial charge in [0.2, 0.25) is 6.29 Å². The molecule has 186 valence electrons. The molecule has 7 nitrogen and oxygen atoms in total. The first kappa shape index (κ1) is 26.2. The summed E-state index contributed by atoms with van der Waals surface area (Å²) < 4.78 is 23.2. The van der Waals surface area contributed by atoms with Gasteiger partial charge < -0.3 is 29.0 Å². The molecule has 1 N–H and O–H groups in total. The summed E-state index contributed by atoms with van der Waals surface area (Å²) in [6.07, 6.45) is 7.96. The van der Waals surface area contributed by atoms with Crippen molar-refractivity contribution in [2.24, 2.45) is 5.92 Å². The SMILES string of the molecule is CCO[C@H]1OC(C(=O)N2CCCCCCC2)=C[C@@H](c2ccsc2)[C@@H]1CCOCCOCCO. The van der Waals surface area contributed by atoms with E-state index in [1.54, 1.807) is 11.3 Å². The third-order valence-corrected chi connectivity index (χ3v) is 6.90. The van der Waals surface area contributed by atoms with Crippen LogP contribution in [0.3, 0.4) is 0 Å². The Morgan fingerprint density at radius 2 is 1.85 bits per heavy atom. The van der Waals surface area contributed by atoms with Gasteiger partial charge in [-0.3, -0.25) is 4.79 Å². The Morgan fingerprint density at radius 1 is 1.12 bits per heavy atom. The average Bonchev–Trinajstić information content (AvgIpc) is 3.33. The molecule has 1 fully saturated rings. The van der Waals surface area contributed by atoms with Gasteiger partial charge >= 0.3 is 0 Å². The van der Waals surface area contributed by atoms with Crippen molar-refractivity contribution in [2.45, 2.75) is 57.7 Å². The van der Waals surface area contributed by atoms with E-state index in [0.29, 0.717) is 38.8 Å². The van der Waals surface area contributed by atoms with Crippen molar-refractivity contribution in [2.75, 3.05) is 52.7 Å². The Balaban J connectivity index is 1.70. The number of ether oxygens (including phenoxy) is 4. The lowest BCUT2D eigenvalue weighted by atomic mass is 9.82. The molecule has 0 spiro atoms. The molecule has 1 saturated heterocycles. The lowest BCUT2D eigenvalue weighted by Crippen LogP contribution is -2.41.